The molecular weight excluding hydrogens is 234 g/mol. The van der Waals surface area contributed by atoms with Crippen molar-refractivity contribution in [3.63, 3.8) is 0 Å². The van der Waals surface area contributed by atoms with Crippen LogP contribution in [0.3, 0.4) is 0 Å². The van der Waals surface area contributed by atoms with Crippen LogP contribution in [0, 0.1) is 18.3 Å². The van der Waals surface area contributed by atoms with E-state index in [4.69, 9.17) is 4.74 Å². The first-order valence-electron chi connectivity index (χ1n) is 6.32. The van der Waals surface area contributed by atoms with E-state index >= 15 is 0 Å². The largest absolute Gasteiger partial charge is 0.497 e. The van der Waals surface area contributed by atoms with E-state index in [2.05, 4.69) is 25.1 Å². The van der Waals surface area contributed by atoms with E-state index < -0.39 is 0 Å². The number of hydrogen-bond acceptors (Lipinski definition) is 2. The van der Waals surface area contributed by atoms with Gasteiger partial charge in [-0.3, -0.25) is 0 Å². The Morgan fingerprint density at radius 3 is 2.63 bits per heavy atom. The fourth-order valence-corrected chi connectivity index (χ4v) is 2.16. The van der Waals surface area contributed by atoms with Gasteiger partial charge in [0.1, 0.15) is 5.75 Å². The maximum atomic E-state index is 9.40. The quantitative estimate of drug-likeness (QED) is 0.826. The van der Waals surface area contributed by atoms with Crippen LogP contribution in [0.1, 0.15) is 22.6 Å². The van der Waals surface area contributed by atoms with Crippen molar-refractivity contribution >= 4 is 0 Å². The van der Waals surface area contributed by atoms with Crippen LogP contribution in [0.25, 0.3) is 0 Å². The Bertz CT molecular complexity index is 598. The average molecular weight is 251 g/mol. The molecule has 0 N–H and O–H groups in total. The fourth-order valence-electron chi connectivity index (χ4n) is 2.16. The summed E-state index contributed by atoms with van der Waals surface area (Å²) < 4.78 is 5.21. The molecule has 0 radical (unpaired) electrons. The Balaban J connectivity index is 2.26. The summed E-state index contributed by atoms with van der Waals surface area (Å²) >= 11 is 0. The molecule has 0 aliphatic heterocycles. The van der Waals surface area contributed by atoms with Crippen LogP contribution in [-0.4, -0.2) is 7.11 Å². The average Bonchev–Trinajstić information content (AvgIpc) is 2.46. The van der Waals surface area contributed by atoms with Crippen LogP contribution in [0.2, 0.25) is 0 Å². The Morgan fingerprint density at radius 1 is 1.16 bits per heavy atom. The van der Waals surface area contributed by atoms with Gasteiger partial charge in [-0.25, -0.2) is 0 Å². The molecule has 0 fully saturated rings. The van der Waals surface area contributed by atoms with Crippen LogP contribution >= 0.6 is 0 Å². The molecule has 0 aliphatic rings. The molecule has 2 heteroatoms. The summed E-state index contributed by atoms with van der Waals surface area (Å²) in [6.45, 7) is 2.08. The molecule has 2 aromatic carbocycles. The third kappa shape index (κ3) is 3.14. The summed E-state index contributed by atoms with van der Waals surface area (Å²) in [5.41, 5.74) is 3.45. The van der Waals surface area contributed by atoms with Gasteiger partial charge in [-0.2, -0.15) is 5.26 Å². The number of ether oxygens (including phenoxy) is 1. The molecule has 0 saturated carbocycles. The molecule has 0 heterocycles. The molecule has 0 spiro atoms. The molecule has 19 heavy (non-hydrogen) atoms. The molecule has 2 nitrogen and oxygen atoms in total. The lowest BCUT2D eigenvalue weighted by Crippen LogP contribution is -2.02. The number of hydrogen-bond donors (Lipinski definition) is 0. The lowest BCUT2D eigenvalue weighted by atomic mass is 9.91. The molecule has 2 aromatic rings. The lowest BCUT2D eigenvalue weighted by molar-refractivity contribution is 0.414. The number of rotatable bonds is 4. The van der Waals surface area contributed by atoms with Crippen molar-refractivity contribution in [3.8, 4) is 11.8 Å². The van der Waals surface area contributed by atoms with Gasteiger partial charge in [0.15, 0.2) is 0 Å². The van der Waals surface area contributed by atoms with Gasteiger partial charge in [0.05, 0.1) is 19.1 Å². The molecule has 1 atom stereocenters. The lowest BCUT2D eigenvalue weighted by Gasteiger charge is -2.12. The zero-order valence-electron chi connectivity index (χ0n) is 11.3. The fraction of sp³-hybridized carbons (Fsp3) is 0.235. The molecule has 0 aliphatic carbocycles. The van der Waals surface area contributed by atoms with Crippen LogP contribution in [-0.2, 0) is 6.42 Å². The van der Waals surface area contributed by atoms with Crippen LogP contribution in [0.5, 0.6) is 5.75 Å². The minimum atomic E-state index is -0.142. The van der Waals surface area contributed by atoms with E-state index in [1.807, 2.05) is 36.4 Å². The molecule has 96 valence electrons. The maximum Gasteiger partial charge on any atom is 0.119 e. The number of benzene rings is 2. The molecule has 0 bridgehead atoms. The molecule has 1 unspecified atom stereocenters. The first kappa shape index (κ1) is 13.2. The maximum absolute atomic E-state index is 9.40. The highest BCUT2D eigenvalue weighted by atomic mass is 16.5. The van der Waals surface area contributed by atoms with Crippen LogP contribution in [0.15, 0.2) is 48.5 Å². The zero-order chi connectivity index (χ0) is 13.7. The second kappa shape index (κ2) is 6.06. The van der Waals surface area contributed by atoms with Crippen molar-refractivity contribution in [2.45, 2.75) is 19.3 Å². The van der Waals surface area contributed by atoms with Gasteiger partial charge in [0.25, 0.3) is 0 Å². The summed E-state index contributed by atoms with van der Waals surface area (Å²) in [4.78, 5) is 0. The Hall–Kier alpha value is -2.27. The number of nitriles is 1. The number of nitrogens with zero attached hydrogens (tertiary/aromatic N) is 1. The van der Waals surface area contributed by atoms with Crippen molar-refractivity contribution in [1.29, 1.82) is 5.26 Å². The second-order valence-electron chi connectivity index (χ2n) is 4.59. The predicted octanol–water partition coefficient (Wildman–Crippen LogP) is 3.85. The zero-order valence-corrected chi connectivity index (χ0v) is 11.3. The van der Waals surface area contributed by atoms with Crippen LogP contribution < -0.4 is 4.74 Å². The van der Waals surface area contributed by atoms with E-state index in [0.29, 0.717) is 0 Å². The van der Waals surface area contributed by atoms with Gasteiger partial charge in [-0.05, 0) is 42.2 Å². The third-order valence-electron chi connectivity index (χ3n) is 3.34. The second-order valence-corrected chi connectivity index (χ2v) is 4.59. The van der Waals surface area contributed by atoms with Gasteiger partial charge >= 0.3 is 0 Å². The monoisotopic (exact) mass is 251 g/mol. The van der Waals surface area contributed by atoms with E-state index in [1.54, 1.807) is 7.11 Å². The number of methoxy groups -OCH3 is 1. The van der Waals surface area contributed by atoms with Crippen LogP contribution in [0.4, 0.5) is 0 Å². The summed E-state index contributed by atoms with van der Waals surface area (Å²) in [7, 11) is 1.64. The van der Waals surface area contributed by atoms with Crippen molar-refractivity contribution in [3.05, 3.63) is 65.2 Å². The molecule has 0 amide bonds. The summed E-state index contributed by atoms with van der Waals surface area (Å²) in [6.07, 6.45) is 0.732. The van der Waals surface area contributed by atoms with Crippen molar-refractivity contribution in [1.82, 2.24) is 0 Å². The third-order valence-corrected chi connectivity index (χ3v) is 3.34. The molecular formula is C17H17NO. The first-order valence-corrected chi connectivity index (χ1v) is 6.32. The van der Waals surface area contributed by atoms with Crippen molar-refractivity contribution in [2.24, 2.45) is 0 Å². The summed E-state index contributed by atoms with van der Waals surface area (Å²) in [6, 6.07) is 18.3. The standard InChI is InChI=1S/C17H17NO/c1-13-6-3-4-7-14(13)10-16(12-18)15-8-5-9-17(11-15)19-2/h3-9,11,16H,10H2,1-2H3. The predicted molar refractivity (Wildman–Crippen MR) is 76.2 cm³/mol. The Labute approximate surface area is 114 Å². The van der Waals surface area contributed by atoms with Gasteiger partial charge in [-0.1, -0.05) is 36.4 Å². The molecule has 2 rings (SSSR count). The minimum absolute atomic E-state index is 0.142. The van der Waals surface area contributed by atoms with Gasteiger partial charge in [0.2, 0.25) is 0 Å². The van der Waals surface area contributed by atoms with Gasteiger partial charge in [-0.15, -0.1) is 0 Å². The SMILES string of the molecule is COc1cccc(C(C#N)Cc2ccccc2C)c1. The Morgan fingerprint density at radius 2 is 1.95 bits per heavy atom. The highest BCUT2D eigenvalue weighted by Crippen LogP contribution is 2.25. The van der Waals surface area contributed by atoms with E-state index in [-0.39, 0.29) is 5.92 Å². The van der Waals surface area contributed by atoms with Gasteiger partial charge in [0, 0.05) is 0 Å². The van der Waals surface area contributed by atoms with Gasteiger partial charge < -0.3 is 4.74 Å². The summed E-state index contributed by atoms with van der Waals surface area (Å²) in [5, 5.41) is 9.40. The minimum Gasteiger partial charge on any atom is -0.497 e. The smallest absolute Gasteiger partial charge is 0.119 e. The highest BCUT2D eigenvalue weighted by molar-refractivity contribution is 5.36. The number of aryl methyl sites for hydroxylation is 1. The first-order chi connectivity index (χ1) is 9.24. The normalized spacial score (nSPS) is 11.6. The van der Waals surface area contributed by atoms with E-state index in [0.717, 1.165) is 17.7 Å². The molecule has 0 saturated heterocycles. The van der Waals surface area contributed by atoms with E-state index in [1.165, 1.54) is 11.1 Å². The molecule has 0 aromatic heterocycles. The Kier molecular flexibility index (Phi) is 4.20. The van der Waals surface area contributed by atoms with Crippen molar-refractivity contribution in [2.75, 3.05) is 7.11 Å². The topological polar surface area (TPSA) is 33.0 Å². The van der Waals surface area contributed by atoms with Crippen molar-refractivity contribution < 1.29 is 4.74 Å². The summed E-state index contributed by atoms with van der Waals surface area (Å²) in [5.74, 6) is 0.652. The van der Waals surface area contributed by atoms with E-state index in [9.17, 15) is 5.26 Å². The highest BCUT2D eigenvalue weighted by Gasteiger charge is 2.13.